The number of hydrogen-bond acceptors (Lipinski definition) is 1. The lowest BCUT2D eigenvalue weighted by atomic mass is 9.99. The molecule has 0 saturated carbocycles. The van der Waals surface area contributed by atoms with Crippen molar-refractivity contribution in [2.45, 2.75) is 52.1 Å². The zero-order valence-corrected chi connectivity index (χ0v) is 9.11. The van der Waals surface area contributed by atoms with Crippen LogP contribution in [0.2, 0.25) is 0 Å². The normalized spacial score (nSPS) is 12.8. The molecule has 0 aromatic rings. The van der Waals surface area contributed by atoms with E-state index in [0.29, 0.717) is 0 Å². The van der Waals surface area contributed by atoms with Crippen molar-refractivity contribution >= 4 is 0 Å². The minimum Gasteiger partial charge on any atom is -0.316 e. The van der Waals surface area contributed by atoms with Crippen LogP contribution in [0.4, 0.5) is 17.6 Å². The van der Waals surface area contributed by atoms with Crippen LogP contribution in [0.1, 0.15) is 39.5 Å². The molecule has 92 valence electrons. The minimum atomic E-state index is -4.31. The third-order valence-electron chi connectivity index (χ3n) is 2.16. The highest BCUT2D eigenvalue weighted by Crippen LogP contribution is 2.26. The fourth-order valence-corrected chi connectivity index (χ4v) is 1.42. The van der Waals surface area contributed by atoms with Crippen LogP contribution in [0.5, 0.6) is 0 Å². The second kappa shape index (κ2) is 7.04. The molecule has 0 N–H and O–H groups in total. The second-order valence-corrected chi connectivity index (χ2v) is 3.62. The number of ether oxygens (including phenoxy) is 1. The molecule has 15 heavy (non-hydrogen) atoms. The van der Waals surface area contributed by atoms with Gasteiger partial charge in [-0.05, 0) is 18.8 Å². The highest BCUT2D eigenvalue weighted by atomic mass is 19.3. The van der Waals surface area contributed by atoms with Gasteiger partial charge in [0.2, 0.25) is 0 Å². The molecule has 5 heteroatoms. The van der Waals surface area contributed by atoms with E-state index in [2.05, 4.69) is 4.74 Å². The van der Waals surface area contributed by atoms with Crippen LogP contribution in [-0.4, -0.2) is 19.1 Å². The third kappa shape index (κ3) is 5.97. The van der Waals surface area contributed by atoms with Crippen LogP contribution in [0.15, 0.2) is 0 Å². The summed E-state index contributed by atoms with van der Waals surface area (Å²) in [5, 5.41) is 0. The van der Waals surface area contributed by atoms with Gasteiger partial charge in [0.1, 0.15) is 0 Å². The first kappa shape index (κ1) is 14.7. The Morgan fingerprint density at radius 2 is 1.53 bits per heavy atom. The highest BCUT2D eigenvalue weighted by Gasteiger charge is 2.42. The highest BCUT2D eigenvalue weighted by molar-refractivity contribution is 4.61. The van der Waals surface area contributed by atoms with E-state index in [0.717, 1.165) is 25.7 Å². The molecule has 0 bridgehead atoms. The van der Waals surface area contributed by atoms with Gasteiger partial charge >= 0.3 is 12.5 Å². The van der Waals surface area contributed by atoms with Gasteiger partial charge in [-0.15, -0.1) is 0 Å². The van der Waals surface area contributed by atoms with E-state index in [1.54, 1.807) is 0 Å². The molecular weight excluding hydrogens is 212 g/mol. The van der Waals surface area contributed by atoms with E-state index in [-0.39, 0.29) is 12.5 Å². The van der Waals surface area contributed by atoms with Gasteiger partial charge in [-0.1, -0.05) is 26.7 Å². The Balaban J connectivity index is 3.97. The van der Waals surface area contributed by atoms with Crippen LogP contribution in [0, 0.1) is 5.92 Å². The average molecular weight is 230 g/mol. The van der Waals surface area contributed by atoms with Gasteiger partial charge in [-0.2, -0.15) is 8.78 Å². The molecular formula is C10H18F4O. The zero-order chi connectivity index (χ0) is 11.9. The fourth-order valence-electron chi connectivity index (χ4n) is 1.42. The molecule has 0 amide bonds. The summed E-state index contributed by atoms with van der Waals surface area (Å²) in [6, 6.07) is 0. The minimum absolute atomic E-state index is 0.0513. The molecule has 0 aromatic heterocycles. The smallest absolute Gasteiger partial charge is 0.316 e. The fraction of sp³-hybridized carbons (Fsp3) is 1.00. The Bertz CT molecular complexity index is 156. The van der Waals surface area contributed by atoms with Crippen molar-refractivity contribution in [1.29, 1.82) is 0 Å². The molecule has 0 aromatic carbocycles. The molecule has 0 rings (SSSR count). The van der Waals surface area contributed by atoms with Gasteiger partial charge in [-0.3, -0.25) is 0 Å². The van der Waals surface area contributed by atoms with Gasteiger partial charge in [-0.25, -0.2) is 8.78 Å². The summed E-state index contributed by atoms with van der Waals surface area (Å²) in [5.41, 5.74) is 0. The monoisotopic (exact) mass is 230 g/mol. The van der Waals surface area contributed by atoms with Gasteiger partial charge in [0.25, 0.3) is 0 Å². The predicted octanol–water partition coefficient (Wildman–Crippen LogP) is 4.08. The largest absolute Gasteiger partial charge is 0.416 e. The number of rotatable bonds is 8. The standard InChI is InChI=1S/C10H18F4O/c1-3-5-8(6-4-2)7-15-10(13,14)9(11)12/h8-9H,3-7H2,1-2H3. The summed E-state index contributed by atoms with van der Waals surface area (Å²) in [6.45, 7) is 3.56. The molecule has 0 aliphatic heterocycles. The summed E-state index contributed by atoms with van der Waals surface area (Å²) in [4.78, 5) is 0. The Labute approximate surface area is 87.8 Å². The molecule has 0 saturated heterocycles. The molecule has 0 aliphatic carbocycles. The van der Waals surface area contributed by atoms with Gasteiger partial charge < -0.3 is 4.74 Å². The second-order valence-electron chi connectivity index (χ2n) is 3.62. The number of alkyl halides is 4. The Hall–Kier alpha value is -0.320. The van der Waals surface area contributed by atoms with Crippen LogP contribution in [-0.2, 0) is 4.74 Å². The lowest BCUT2D eigenvalue weighted by Crippen LogP contribution is -2.32. The summed E-state index contributed by atoms with van der Waals surface area (Å²) in [6.07, 6.45) is -4.91. The lowest BCUT2D eigenvalue weighted by Gasteiger charge is -2.20. The molecule has 0 atom stereocenters. The number of halogens is 4. The van der Waals surface area contributed by atoms with Crippen LogP contribution in [0.25, 0.3) is 0 Å². The van der Waals surface area contributed by atoms with Crippen molar-refractivity contribution in [3.8, 4) is 0 Å². The van der Waals surface area contributed by atoms with Crippen molar-refractivity contribution in [2.24, 2.45) is 5.92 Å². The van der Waals surface area contributed by atoms with E-state index in [9.17, 15) is 17.6 Å². The SMILES string of the molecule is CCCC(CCC)COC(F)(F)C(F)F. The van der Waals surface area contributed by atoms with Crippen molar-refractivity contribution in [2.75, 3.05) is 6.61 Å². The van der Waals surface area contributed by atoms with E-state index in [1.807, 2.05) is 13.8 Å². The Morgan fingerprint density at radius 1 is 1.07 bits per heavy atom. The lowest BCUT2D eigenvalue weighted by molar-refractivity contribution is -0.304. The molecule has 1 nitrogen and oxygen atoms in total. The Kier molecular flexibility index (Phi) is 6.89. The molecule has 0 unspecified atom stereocenters. The van der Waals surface area contributed by atoms with E-state index >= 15 is 0 Å². The first-order chi connectivity index (χ1) is 6.94. The average Bonchev–Trinajstić information content (AvgIpc) is 2.15. The topological polar surface area (TPSA) is 9.23 Å². The predicted molar refractivity (Wildman–Crippen MR) is 50.2 cm³/mol. The first-order valence-corrected chi connectivity index (χ1v) is 5.23. The van der Waals surface area contributed by atoms with Crippen molar-refractivity contribution in [3.05, 3.63) is 0 Å². The Morgan fingerprint density at radius 3 is 1.87 bits per heavy atom. The maximum atomic E-state index is 12.4. The summed E-state index contributed by atoms with van der Waals surface area (Å²) in [5.74, 6) is -0.0513. The molecule has 0 aliphatic rings. The van der Waals surface area contributed by atoms with Gasteiger partial charge in [0.15, 0.2) is 0 Å². The molecule has 0 spiro atoms. The summed E-state index contributed by atoms with van der Waals surface area (Å²) < 4.78 is 52.3. The first-order valence-electron chi connectivity index (χ1n) is 5.23. The zero-order valence-electron chi connectivity index (χ0n) is 9.11. The van der Waals surface area contributed by atoms with Crippen molar-refractivity contribution in [1.82, 2.24) is 0 Å². The maximum absolute atomic E-state index is 12.4. The number of hydrogen-bond donors (Lipinski definition) is 0. The maximum Gasteiger partial charge on any atom is 0.416 e. The quantitative estimate of drug-likeness (QED) is 0.571. The van der Waals surface area contributed by atoms with Crippen molar-refractivity contribution in [3.63, 3.8) is 0 Å². The van der Waals surface area contributed by atoms with Crippen molar-refractivity contribution < 1.29 is 22.3 Å². The molecule has 0 heterocycles. The van der Waals surface area contributed by atoms with Gasteiger partial charge in [0, 0.05) is 0 Å². The third-order valence-corrected chi connectivity index (χ3v) is 2.16. The van der Waals surface area contributed by atoms with Crippen LogP contribution >= 0.6 is 0 Å². The summed E-state index contributed by atoms with van der Waals surface area (Å²) >= 11 is 0. The van der Waals surface area contributed by atoms with E-state index in [4.69, 9.17) is 0 Å². The van der Waals surface area contributed by atoms with Gasteiger partial charge in [0.05, 0.1) is 6.61 Å². The van der Waals surface area contributed by atoms with Crippen LogP contribution in [0.3, 0.4) is 0 Å². The summed E-state index contributed by atoms with van der Waals surface area (Å²) in [7, 11) is 0. The molecule has 0 fully saturated rings. The van der Waals surface area contributed by atoms with Crippen LogP contribution < -0.4 is 0 Å². The molecule has 0 radical (unpaired) electrons. The van der Waals surface area contributed by atoms with E-state index in [1.165, 1.54) is 0 Å². The van der Waals surface area contributed by atoms with E-state index < -0.39 is 12.5 Å².